The normalized spacial score (nSPS) is 15.2. The van der Waals surface area contributed by atoms with Gasteiger partial charge in [0.15, 0.2) is 5.11 Å². The molecule has 0 bridgehead atoms. The van der Waals surface area contributed by atoms with Crippen molar-refractivity contribution in [2.75, 3.05) is 18.4 Å². The zero-order valence-electron chi connectivity index (χ0n) is 13.1. The molecule has 0 unspecified atom stereocenters. The van der Waals surface area contributed by atoms with Gasteiger partial charge in [0, 0.05) is 18.8 Å². The van der Waals surface area contributed by atoms with Crippen LogP contribution in [0, 0.1) is 0 Å². The Morgan fingerprint density at radius 2 is 1.55 bits per heavy atom. The number of rotatable bonds is 3. The van der Waals surface area contributed by atoms with Crippen molar-refractivity contribution in [3.8, 4) is 0 Å². The van der Waals surface area contributed by atoms with E-state index in [-0.39, 0.29) is 0 Å². The van der Waals surface area contributed by atoms with Crippen molar-refractivity contribution in [1.82, 2.24) is 4.90 Å². The summed E-state index contributed by atoms with van der Waals surface area (Å²) in [5.41, 5.74) is 3.95. The van der Waals surface area contributed by atoms with Gasteiger partial charge >= 0.3 is 0 Å². The topological polar surface area (TPSA) is 15.3 Å². The zero-order chi connectivity index (χ0) is 14.7. The van der Waals surface area contributed by atoms with E-state index < -0.39 is 0 Å². The van der Waals surface area contributed by atoms with E-state index in [1.165, 1.54) is 29.7 Å². The third-order valence-electron chi connectivity index (χ3n) is 4.00. The lowest BCUT2D eigenvalue weighted by molar-refractivity contribution is 0.528. The first-order valence-electron chi connectivity index (χ1n) is 7.69. The summed E-state index contributed by atoms with van der Waals surface area (Å²) in [5.74, 6) is 0.996. The molecule has 1 heterocycles. The molecule has 1 aromatic carbocycles. The smallest absolute Gasteiger partial charge is 0.173 e. The van der Waals surface area contributed by atoms with E-state index in [9.17, 15) is 0 Å². The van der Waals surface area contributed by atoms with Crippen LogP contribution in [0.5, 0.6) is 0 Å². The lowest BCUT2D eigenvalue weighted by atomic mass is 9.93. The number of anilines is 1. The van der Waals surface area contributed by atoms with Crippen LogP contribution in [-0.4, -0.2) is 23.1 Å². The molecule has 0 spiro atoms. The van der Waals surface area contributed by atoms with E-state index in [0.717, 1.165) is 18.2 Å². The van der Waals surface area contributed by atoms with Gasteiger partial charge < -0.3 is 10.2 Å². The molecule has 0 radical (unpaired) electrons. The van der Waals surface area contributed by atoms with E-state index in [4.69, 9.17) is 12.2 Å². The Hall–Kier alpha value is -1.09. The van der Waals surface area contributed by atoms with Crippen molar-refractivity contribution in [2.24, 2.45) is 0 Å². The highest BCUT2D eigenvalue weighted by molar-refractivity contribution is 7.80. The van der Waals surface area contributed by atoms with Crippen LogP contribution in [-0.2, 0) is 0 Å². The second-order valence-corrected chi connectivity index (χ2v) is 6.63. The van der Waals surface area contributed by atoms with Gasteiger partial charge in [0.1, 0.15) is 0 Å². The number of para-hydroxylation sites is 1. The SMILES string of the molecule is CC(C)c1cccc(C(C)C)c1NC(=S)N1CCCC1. The second-order valence-electron chi connectivity index (χ2n) is 6.25. The van der Waals surface area contributed by atoms with Crippen LogP contribution in [0.3, 0.4) is 0 Å². The monoisotopic (exact) mass is 290 g/mol. The molecule has 2 nitrogen and oxygen atoms in total. The van der Waals surface area contributed by atoms with E-state index in [2.05, 4.69) is 56.1 Å². The molecule has 0 aliphatic carbocycles. The molecule has 1 saturated heterocycles. The maximum Gasteiger partial charge on any atom is 0.173 e. The highest BCUT2D eigenvalue weighted by Crippen LogP contribution is 2.32. The minimum atomic E-state index is 0.498. The predicted octanol–water partition coefficient (Wildman–Crippen LogP) is 4.73. The second kappa shape index (κ2) is 6.57. The fourth-order valence-corrected chi connectivity index (χ4v) is 3.09. The Bertz CT molecular complexity index is 448. The summed E-state index contributed by atoms with van der Waals surface area (Å²) in [6, 6.07) is 6.59. The highest BCUT2D eigenvalue weighted by Gasteiger charge is 2.19. The standard InChI is InChI=1S/C17H26N2S/c1-12(2)14-8-7-9-15(13(3)4)16(14)18-17(20)19-10-5-6-11-19/h7-9,12-13H,5-6,10-11H2,1-4H3,(H,18,20). The lowest BCUT2D eigenvalue weighted by Crippen LogP contribution is -2.32. The number of nitrogens with one attached hydrogen (secondary N) is 1. The van der Waals surface area contributed by atoms with Gasteiger partial charge in [-0.1, -0.05) is 45.9 Å². The Balaban J connectivity index is 2.30. The van der Waals surface area contributed by atoms with Crippen LogP contribution >= 0.6 is 12.2 Å². The molecule has 1 aliphatic rings. The van der Waals surface area contributed by atoms with Gasteiger partial charge in [-0.2, -0.15) is 0 Å². The maximum atomic E-state index is 5.60. The molecule has 0 amide bonds. The first-order chi connectivity index (χ1) is 9.50. The van der Waals surface area contributed by atoms with E-state index >= 15 is 0 Å². The molecule has 20 heavy (non-hydrogen) atoms. The molecule has 0 atom stereocenters. The van der Waals surface area contributed by atoms with Crippen molar-refractivity contribution in [3.05, 3.63) is 29.3 Å². The van der Waals surface area contributed by atoms with Crippen LogP contribution in [0.15, 0.2) is 18.2 Å². The van der Waals surface area contributed by atoms with Gasteiger partial charge in [-0.15, -0.1) is 0 Å². The molecule has 2 rings (SSSR count). The molecule has 1 N–H and O–H groups in total. The van der Waals surface area contributed by atoms with E-state index in [1.807, 2.05) is 0 Å². The van der Waals surface area contributed by atoms with Crippen molar-refractivity contribution in [3.63, 3.8) is 0 Å². The zero-order valence-corrected chi connectivity index (χ0v) is 13.9. The average molecular weight is 290 g/mol. The van der Waals surface area contributed by atoms with Gasteiger partial charge in [0.05, 0.1) is 0 Å². The molecule has 3 heteroatoms. The lowest BCUT2D eigenvalue weighted by Gasteiger charge is -2.25. The largest absolute Gasteiger partial charge is 0.349 e. The van der Waals surface area contributed by atoms with Gasteiger partial charge in [-0.05, 0) is 48.0 Å². The number of nitrogens with zero attached hydrogens (tertiary/aromatic N) is 1. The highest BCUT2D eigenvalue weighted by atomic mass is 32.1. The number of likely N-dealkylation sites (tertiary alicyclic amines) is 1. The fourth-order valence-electron chi connectivity index (χ4n) is 2.80. The van der Waals surface area contributed by atoms with Crippen LogP contribution in [0.25, 0.3) is 0 Å². The van der Waals surface area contributed by atoms with E-state index in [1.54, 1.807) is 0 Å². The van der Waals surface area contributed by atoms with Gasteiger partial charge in [0.25, 0.3) is 0 Å². The first-order valence-corrected chi connectivity index (χ1v) is 8.10. The number of benzene rings is 1. The molecule has 1 aliphatic heterocycles. The van der Waals surface area contributed by atoms with Crippen LogP contribution in [0.4, 0.5) is 5.69 Å². The van der Waals surface area contributed by atoms with Crippen molar-refractivity contribution < 1.29 is 0 Å². The molecule has 0 saturated carbocycles. The van der Waals surface area contributed by atoms with Crippen LogP contribution in [0.2, 0.25) is 0 Å². The molecule has 1 fully saturated rings. The third-order valence-corrected chi connectivity index (χ3v) is 4.36. The number of thiocarbonyl (C=S) groups is 1. The Labute approximate surface area is 128 Å². The summed E-state index contributed by atoms with van der Waals surface area (Å²) < 4.78 is 0. The fraction of sp³-hybridized carbons (Fsp3) is 0.588. The summed E-state index contributed by atoms with van der Waals surface area (Å²) in [4.78, 5) is 2.29. The minimum Gasteiger partial charge on any atom is -0.349 e. The van der Waals surface area contributed by atoms with Crippen LogP contribution in [0.1, 0.15) is 63.5 Å². The summed E-state index contributed by atoms with van der Waals surface area (Å²) in [7, 11) is 0. The minimum absolute atomic E-state index is 0.498. The molecule has 1 aromatic rings. The quantitative estimate of drug-likeness (QED) is 0.810. The summed E-state index contributed by atoms with van der Waals surface area (Å²) >= 11 is 5.60. The summed E-state index contributed by atoms with van der Waals surface area (Å²) in [6.45, 7) is 11.1. The third kappa shape index (κ3) is 3.32. The van der Waals surface area contributed by atoms with Crippen LogP contribution < -0.4 is 5.32 Å². The Morgan fingerprint density at radius 1 is 1.05 bits per heavy atom. The number of hydrogen-bond donors (Lipinski definition) is 1. The van der Waals surface area contributed by atoms with Crippen molar-refractivity contribution in [1.29, 1.82) is 0 Å². The predicted molar refractivity (Wildman–Crippen MR) is 91.6 cm³/mol. The number of hydrogen-bond acceptors (Lipinski definition) is 1. The molecule has 0 aromatic heterocycles. The van der Waals surface area contributed by atoms with E-state index in [0.29, 0.717) is 11.8 Å². The maximum absolute atomic E-state index is 5.60. The van der Waals surface area contributed by atoms with Gasteiger partial charge in [-0.3, -0.25) is 0 Å². The summed E-state index contributed by atoms with van der Waals surface area (Å²) in [5, 5.41) is 4.43. The van der Waals surface area contributed by atoms with Gasteiger partial charge in [-0.25, -0.2) is 0 Å². The van der Waals surface area contributed by atoms with Gasteiger partial charge in [0.2, 0.25) is 0 Å². The molecule has 110 valence electrons. The van der Waals surface area contributed by atoms with Crippen molar-refractivity contribution >= 4 is 23.0 Å². The van der Waals surface area contributed by atoms with Crippen molar-refractivity contribution in [2.45, 2.75) is 52.4 Å². The summed E-state index contributed by atoms with van der Waals surface area (Å²) in [6.07, 6.45) is 2.51. The first kappa shape index (κ1) is 15.3. The molecular formula is C17H26N2S. The Morgan fingerprint density at radius 3 is 2.00 bits per heavy atom. The Kier molecular flexibility index (Phi) is 5.03. The average Bonchev–Trinajstić information content (AvgIpc) is 2.92. The molecular weight excluding hydrogens is 264 g/mol.